The molecule has 1 aromatic heterocycles. The molecule has 0 saturated carbocycles. The van der Waals surface area contributed by atoms with Gasteiger partial charge in [-0.2, -0.15) is 0 Å². The molecule has 4 nitrogen and oxygen atoms in total. The van der Waals surface area contributed by atoms with Crippen molar-refractivity contribution < 1.29 is 9.84 Å². The number of benzene rings is 3. The summed E-state index contributed by atoms with van der Waals surface area (Å²) in [5, 5.41) is 11.0. The molecule has 4 aromatic rings. The molecule has 3 aromatic carbocycles. The van der Waals surface area contributed by atoms with Gasteiger partial charge in [-0.1, -0.05) is 48.5 Å². The summed E-state index contributed by atoms with van der Waals surface area (Å²) in [4.78, 5) is 4.77. The highest BCUT2D eigenvalue weighted by Gasteiger charge is 2.20. The van der Waals surface area contributed by atoms with Gasteiger partial charge in [0, 0.05) is 0 Å². The topological polar surface area (TPSA) is 47.3 Å². The summed E-state index contributed by atoms with van der Waals surface area (Å²) in [6.07, 6.45) is -0.786. The van der Waals surface area contributed by atoms with E-state index in [0.717, 1.165) is 22.3 Å². The first-order valence-electron chi connectivity index (χ1n) is 9.52. The van der Waals surface area contributed by atoms with Gasteiger partial charge in [-0.05, 0) is 54.8 Å². The molecule has 0 bridgehead atoms. The third kappa shape index (κ3) is 3.64. The maximum absolute atomic E-state index is 11.0. The van der Waals surface area contributed by atoms with Crippen LogP contribution in [0.25, 0.3) is 11.0 Å². The van der Waals surface area contributed by atoms with Crippen molar-refractivity contribution in [3.05, 3.63) is 95.3 Å². The van der Waals surface area contributed by atoms with Gasteiger partial charge in [0.15, 0.2) is 0 Å². The zero-order valence-corrected chi connectivity index (χ0v) is 16.2. The first-order valence-corrected chi connectivity index (χ1v) is 9.52. The molecule has 1 N–H and O–H groups in total. The number of para-hydroxylation sites is 1. The van der Waals surface area contributed by atoms with E-state index < -0.39 is 6.10 Å². The number of aryl methyl sites for hydroxylation is 2. The van der Waals surface area contributed by atoms with Gasteiger partial charge in [-0.15, -0.1) is 0 Å². The number of aliphatic hydroxyl groups excluding tert-OH is 1. The summed E-state index contributed by atoms with van der Waals surface area (Å²) < 4.78 is 7.96. The van der Waals surface area contributed by atoms with Crippen LogP contribution in [0.1, 0.15) is 28.6 Å². The van der Waals surface area contributed by atoms with E-state index in [4.69, 9.17) is 9.72 Å². The van der Waals surface area contributed by atoms with E-state index in [2.05, 4.69) is 30.5 Å². The molecule has 142 valence electrons. The van der Waals surface area contributed by atoms with Gasteiger partial charge in [-0.3, -0.25) is 0 Å². The van der Waals surface area contributed by atoms with Crippen molar-refractivity contribution in [2.75, 3.05) is 6.61 Å². The van der Waals surface area contributed by atoms with E-state index in [9.17, 15) is 5.11 Å². The molecular weight excluding hydrogens is 348 g/mol. The second-order valence-electron chi connectivity index (χ2n) is 7.02. The summed E-state index contributed by atoms with van der Waals surface area (Å²) in [7, 11) is 0. The molecule has 1 unspecified atom stereocenters. The van der Waals surface area contributed by atoms with Gasteiger partial charge in [-0.25, -0.2) is 4.98 Å². The van der Waals surface area contributed by atoms with E-state index in [1.807, 2.05) is 60.7 Å². The van der Waals surface area contributed by atoms with Gasteiger partial charge in [0.1, 0.15) is 24.3 Å². The number of aliphatic hydroxyl groups is 1. The van der Waals surface area contributed by atoms with Gasteiger partial charge in [0.2, 0.25) is 0 Å². The molecule has 0 amide bonds. The van der Waals surface area contributed by atoms with E-state index >= 15 is 0 Å². The zero-order chi connectivity index (χ0) is 19.5. The molecule has 0 saturated heterocycles. The molecule has 0 aliphatic carbocycles. The predicted octanol–water partition coefficient (Wildman–Crippen LogP) is 4.81. The van der Waals surface area contributed by atoms with Crippen molar-refractivity contribution in [2.45, 2.75) is 26.5 Å². The van der Waals surface area contributed by atoms with Gasteiger partial charge < -0.3 is 14.4 Å². The molecule has 0 aliphatic heterocycles. The van der Waals surface area contributed by atoms with Crippen molar-refractivity contribution in [2.24, 2.45) is 0 Å². The summed E-state index contributed by atoms with van der Waals surface area (Å²) >= 11 is 0. The van der Waals surface area contributed by atoms with Crippen LogP contribution in [0.4, 0.5) is 0 Å². The number of rotatable bonds is 6. The minimum absolute atomic E-state index is 0.497. The van der Waals surface area contributed by atoms with Crippen LogP contribution in [-0.4, -0.2) is 21.3 Å². The quantitative estimate of drug-likeness (QED) is 0.528. The second kappa shape index (κ2) is 7.87. The Balaban J connectivity index is 1.70. The molecule has 0 aliphatic rings. The molecule has 0 radical (unpaired) electrons. The monoisotopic (exact) mass is 372 g/mol. The Bertz CT molecular complexity index is 1070. The molecule has 0 spiro atoms. The van der Waals surface area contributed by atoms with Gasteiger partial charge in [0.25, 0.3) is 0 Å². The summed E-state index contributed by atoms with van der Waals surface area (Å²) in [5.41, 5.74) is 5.14. The maximum Gasteiger partial charge on any atom is 0.143 e. The Morgan fingerprint density at radius 2 is 1.57 bits per heavy atom. The van der Waals surface area contributed by atoms with E-state index in [1.165, 1.54) is 11.1 Å². The first-order chi connectivity index (χ1) is 13.6. The van der Waals surface area contributed by atoms with E-state index in [0.29, 0.717) is 19.0 Å². The maximum atomic E-state index is 11.0. The lowest BCUT2D eigenvalue weighted by Crippen LogP contribution is -2.14. The summed E-state index contributed by atoms with van der Waals surface area (Å²) in [6, 6.07) is 23.6. The predicted molar refractivity (Wildman–Crippen MR) is 112 cm³/mol. The lowest BCUT2D eigenvalue weighted by Gasteiger charge is -2.15. The largest absolute Gasteiger partial charge is 0.492 e. The van der Waals surface area contributed by atoms with Gasteiger partial charge >= 0.3 is 0 Å². The highest BCUT2D eigenvalue weighted by atomic mass is 16.5. The Morgan fingerprint density at radius 1 is 0.929 bits per heavy atom. The minimum Gasteiger partial charge on any atom is -0.492 e. The number of ether oxygens (including phenoxy) is 1. The average Bonchev–Trinajstić information content (AvgIpc) is 3.06. The fraction of sp³-hybridized carbons (Fsp3) is 0.208. The number of imidazole rings is 1. The van der Waals surface area contributed by atoms with E-state index in [1.54, 1.807) is 0 Å². The molecular formula is C24H24N2O2. The highest BCUT2D eigenvalue weighted by Crippen LogP contribution is 2.27. The Kier molecular flexibility index (Phi) is 5.13. The van der Waals surface area contributed by atoms with Crippen LogP contribution in [0.15, 0.2) is 72.8 Å². The van der Waals surface area contributed by atoms with Crippen molar-refractivity contribution in [1.29, 1.82) is 0 Å². The fourth-order valence-corrected chi connectivity index (χ4v) is 3.40. The van der Waals surface area contributed by atoms with Gasteiger partial charge in [0.05, 0.1) is 17.6 Å². The van der Waals surface area contributed by atoms with Crippen LogP contribution in [0, 0.1) is 13.8 Å². The van der Waals surface area contributed by atoms with Crippen molar-refractivity contribution in [3.8, 4) is 5.75 Å². The molecule has 4 heteroatoms. The fourth-order valence-electron chi connectivity index (χ4n) is 3.40. The normalized spacial score (nSPS) is 12.2. The highest BCUT2D eigenvalue weighted by molar-refractivity contribution is 5.78. The van der Waals surface area contributed by atoms with Crippen LogP contribution in [0.5, 0.6) is 5.75 Å². The Labute approximate surface area is 165 Å². The number of hydrogen-bond acceptors (Lipinski definition) is 3. The third-order valence-corrected chi connectivity index (χ3v) is 5.08. The average molecular weight is 372 g/mol. The van der Waals surface area contributed by atoms with Crippen molar-refractivity contribution in [1.82, 2.24) is 9.55 Å². The number of fused-ring (bicyclic) bond motifs is 1. The standard InChI is InChI=1S/C24H24N2O2/c1-17-15-21-22(16-18(17)2)26(13-14-28-20-11-7-4-8-12-20)24(25-21)23(27)19-9-5-3-6-10-19/h3-12,15-16,23,27H,13-14H2,1-2H3. The lowest BCUT2D eigenvalue weighted by molar-refractivity contribution is 0.201. The second-order valence-corrected chi connectivity index (χ2v) is 7.02. The molecule has 0 fully saturated rings. The summed E-state index contributed by atoms with van der Waals surface area (Å²) in [5.74, 6) is 1.48. The molecule has 28 heavy (non-hydrogen) atoms. The minimum atomic E-state index is -0.786. The number of nitrogens with zero attached hydrogens (tertiary/aromatic N) is 2. The van der Waals surface area contributed by atoms with Crippen LogP contribution in [0.3, 0.4) is 0 Å². The smallest absolute Gasteiger partial charge is 0.143 e. The lowest BCUT2D eigenvalue weighted by atomic mass is 10.1. The Morgan fingerprint density at radius 3 is 2.29 bits per heavy atom. The molecule has 1 heterocycles. The number of aromatic nitrogens is 2. The van der Waals surface area contributed by atoms with Crippen molar-refractivity contribution in [3.63, 3.8) is 0 Å². The molecule has 4 rings (SSSR count). The Hall–Kier alpha value is -3.11. The van der Waals surface area contributed by atoms with Crippen LogP contribution < -0.4 is 4.74 Å². The first kappa shape index (κ1) is 18.3. The van der Waals surface area contributed by atoms with Crippen LogP contribution >= 0.6 is 0 Å². The third-order valence-electron chi connectivity index (χ3n) is 5.08. The van der Waals surface area contributed by atoms with Crippen LogP contribution in [-0.2, 0) is 6.54 Å². The summed E-state index contributed by atoms with van der Waals surface area (Å²) in [6.45, 7) is 5.28. The molecule has 1 atom stereocenters. The zero-order valence-electron chi connectivity index (χ0n) is 16.2. The number of hydrogen-bond donors (Lipinski definition) is 1. The van der Waals surface area contributed by atoms with Crippen LogP contribution in [0.2, 0.25) is 0 Å². The SMILES string of the molecule is Cc1cc2nc(C(O)c3ccccc3)n(CCOc3ccccc3)c2cc1C. The van der Waals surface area contributed by atoms with Crippen molar-refractivity contribution >= 4 is 11.0 Å². The van der Waals surface area contributed by atoms with E-state index in [-0.39, 0.29) is 0 Å².